The molecular formula is C24H23N3O4S. The number of carbonyl (C=O) groups is 2. The van der Waals surface area contributed by atoms with Crippen molar-refractivity contribution in [2.75, 3.05) is 24.4 Å². The van der Waals surface area contributed by atoms with Gasteiger partial charge in [0.1, 0.15) is 16.5 Å². The molecular weight excluding hydrogens is 426 g/mol. The molecule has 1 aliphatic heterocycles. The number of benzene rings is 2. The lowest BCUT2D eigenvalue weighted by Crippen LogP contribution is -2.37. The van der Waals surface area contributed by atoms with E-state index in [9.17, 15) is 9.59 Å². The molecule has 1 aliphatic rings. The van der Waals surface area contributed by atoms with E-state index in [4.69, 9.17) is 9.47 Å². The van der Waals surface area contributed by atoms with Crippen LogP contribution in [0.5, 0.6) is 11.5 Å². The minimum atomic E-state index is -0.307. The molecule has 0 radical (unpaired) electrons. The first-order valence-corrected chi connectivity index (χ1v) is 10.9. The number of pyridine rings is 1. The van der Waals surface area contributed by atoms with Crippen LogP contribution in [0.25, 0.3) is 0 Å². The number of nitrogens with one attached hydrogen (secondary N) is 1. The van der Waals surface area contributed by atoms with Gasteiger partial charge in [0.05, 0.1) is 31.0 Å². The van der Waals surface area contributed by atoms with E-state index in [1.54, 1.807) is 54.6 Å². The van der Waals surface area contributed by atoms with Crippen molar-refractivity contribution in [1.82, 2.24) is 4.98 Å². The summed E-state index contributed by atoms with van der Waals surface area (Å²) in [5.74, 6) is 0.623. The summed E-state index contributed by atoms with van der Waals surface area (Å²) >= 11 is 1.41. The fourth-order valence-corrected chi connectivity index (χ4v) is 4.59. The second-order valence-corrected chi connectivity index (χ2v) is 8.46. The van der Waals surface area contributed by atoms with Gasteiger partial charge < -0.3 is 19.7 Å². The molecule has 0 saturated carbocycles. The average Bonchev–Trinajstić information content (AvgIpc) is 2.92. The maximum absolute atomic E-state index is 13.2. The lowest BCUT2D eigenvalue weighted by molar-refractivity contribution is 0.0975. The molecule has 0 bridgehead atoms. The third kappa shape index (κ3) is 4.01. The van der Waals surface area contributed by atoms with E-state index in [-0.39, 0.29) is 17.9 Å². The third-order valence-electron chi connectivity index (χ3n) is 5.07. The Labute approximate surface area is 190 Å². The van der Waals surface area contributed by atoms with Crippen LogP contribution in [0.15, 0.2) is 64.6 Å². The maximum atomic E-state index is 13.2. The number of hydrogen-bond acceptors (Lipinski definition) is 6. The van der Waals surface area contributed by atoms with Gasteiger partial charge in [-0.3, -0.25) is 9.59 Å². The summed E-state index contributed by atoms with van der Waals surface area (Å²) < 4.78 is 10.5. The molecule has 164 valence electrons. The second-order valence-electron chi connectivity index (χ2n) is 7.43. The van der Waals surface area contributed by atoms with Crippen molar-refractivity contribution in [3.05, 3.63) is 65.9 Å². The summed E-state index contributed by atoms with van der Waals surface area (Å²) in [6, 6.07) is 14.0. The van der Waals surface area contributed by atoms with Crippen molar-refractivity contribution in [3.63, 3.8) is 0 Å². The lowest BCUT2D eigenvalue weighted by Gasteiger charge is -2.27. The summed E-state index contributed by atoms with van der Waals surface area (Å²) in [5, 5.41) is 3.56. The predicted octanol–water partition coefficient (Wildman–Crippen LogP) is 4.87. The van der Waals surface area contributed by atoms with Gasteiger partial charge in [0.15, 0.2) is 0 Å². The number of carbonyl (C=O) groups excluding carboxylic acids is 2. The Morgan fingerprint density at radius 1 is 1.09 bits per heavy atom. The van der Waals surface area contributed by atoms with Gasteiger partial charge in [-0.1, -0.05) is 11.8 Å². The first-order chi connectivity index (χ1) is 15.4. The Hall–Kier alpha value is -3.52. The fraction of sp³-hybridized carbons (Fsp3) is 0.208. The Morgan fingerprint density at radius 2 is 1.91 bits per heavy atom. The molecule has 1 N–H and O–H groups in total. The van der Waals surface area contributed by atoms with Crippen LogP contribution in [0.3, 0.4) is 0 Å². The smallest absolute Gasteiger partial charge is 0.261 e. The summed E-state index contributed by atoms with van der Waals surface area (Å²) in [6.07, 6.45) is 1.67. The van der Waals surface area contributed by atoms with Gasteiger partial charge in [0.25, 0.3) is 11.8 Å². The number of methoxy groups -OCH3 is 2. The van der Waals surface area contributed by atoms with Crippen LogP contribution >= 0.6 is 11.8 Å². The molecule has 2 heterocycles. The van der Waals surface area contributed by atoms with E-state index in [0.717, 1.165) is 10.6 Å². The summed E-state index contributed by atoms with van der Waals surface area (Å²) in [7, 11) is 3.06. The second kappa shape index (κ2) is 8.92. The molecule has 8 heteroatoms. The minimum absolute atomic E-state index is 0.0444. The highest BCUT2D eigenvalue weighted by Crippen LogP contribution is 2.42. The van der Waals surface area contributed by atoms with Crippen LogP contribution in [-0.4, -0.2) is 37.1 Å². The van der Waals surface area contributed by atoms with Crippen molar-refractivity contribution in [3.8, 4) is 11.5 Å². The largest absolute Gasteiger partial charge is 0.497 e. The number of anilines is 2. The normalized spacial score (nSPS) is 12.7. The van der Waals surface area contributed by atoms with E-state index < -0.39 is 0 Å². The molecule has 0 atom stereocenters. The van der Waals surface area contributed by atoms with E-state index in [1.807, 2.05) is 26.0 Å². The molecule has 1 aromatic heterocycles. The van der Waals surface area contributed by atoms with Gasteiger partial charge in [0.2, 0.25) is 0 Å². The number of nitrogens with zero attached hydrogens (tertiary/aromatic N) is 2. The molecule has 0 aliphatic carbocycles. The SMILES string of the molecule is COc1ccc(C(=O)Nc2ccc3c(c2)Sc2ncccc2C(=O)N3C(C)C)c(OC)c1. The Balaban J connectivity index is 1.69. The van der Waals surface area contributed by atoms with E-state index in [0.29, 0.717) is 33.3 Å². The van der Waals surface area contributed by atoms with Crippen LogP contribution in [-0.2, 0) is 0 Å². The van der Waals surface area contributed by atoms with E-state index in [1.165, 1.54) is 18.9 Å². The van der Waals surface area contributed by atoms with Crippen molar-refractivity contribution >= 4 is 35.0 Å². The minimum Gasteiger partial charge on any atom is -0.497 e. The predicted molar refractivity (Wildman–Crippen MR) is 124 cm³/mol. The Bertz CT molecular complexity index is 1200. The van der Waals surface area contributed by atoms with Crippen LogP contribution in [0, 0.1) is 0 Å². The number of amides is 2. The van der Waals surface area contributed by atoms with Crippen LogP contribution in [0.4, 0.5) is 11.4 Å². The van der Waals surface area contributed by atoms with Gasteiger partial charge in [-0.05, 0) is 56.3 Å². The molecule has 0 spiro atoms. The Morgan fingerprint density at radius 3 is 2.62 bits per heavy atom. The fourth-order valence-electron chi connectivity index (χ4n) is 3.55. The van der Waals surface area contributed by atoms with Gasteiger partial charge in [-0.15, -0.1) is 0 Å². The molecule has 0 saturated heterocycles. The van der Waals surface area contributed by atoms with Gasteiger partial charge in [0, 0.05) is 28.9 Å². The lowest BCUT2D eigenvalue weighted by atomic mass is 10.1. The first kappa shape index (κ1) is 21.7. The van der Waals surface area contributed by atoms with E-state index >= 15 is 0 Å². The zero-order valence-corrected chi connectivity index (χ0v) is 19.0. The van der Waals surface area contributed by atoms with Crippen molar-refractivity contribution in [2.45, 2.75) is 29.8 Å². The molecule has 4 rings (SSSR count). The molecule has 2 amide bonds. The van der Waals surface area contributed by atoms with Crippen molar-refractivity contribution in [1.29, 1.82) is 0 Å². The zero-order valence-electron chi connectivity index (χ0n) is 18.2. The molecule has 0 fully saturated rings. The molecule has 0 unspecified atom stereocenters. The number of ether oxygens (including phenoxy) is 2. The van der Waals surface area contributed by atoms with Crippen molar-refractivity contribution in [2.24, 2.45) is 0 Å². The summed E-state index contributed by atoms with van der Waals surface area (Å²) in [4.78, 5) is 33.1. The Kier molecular flexibility index (Phi) is 6.05. The molecule has 7 nitrogen and oxygen atoms in total. The molecule has 2 aromatic carbocycles. The van der Waals surface area contributed by atoms with Gasteiger partial charge >= 0.3 is 0 Å². The summed E-state index contributed by atoms with van der Waals surface area (Å²) in [6.45, 7) is 3.94. The highest BCUT2D eigenvalue weighted by molar-refractivity contribution is 7.99. The van der Waals surface area contributed by atoms with E-state index in [2.05, 4.69) is 10.3 Å². The van der Waals surface area contributed by atoms with Crippen LogP contribution < -0.4 is 19.7 Å². The zero-order chi connectivity index (χ0) is 22.8. The average molecular weight is 450 g/mol. The van der Waals surface area contributed by atoms with Gasteiger partial charge in [-0.2, -0.15) is 0 Å². The number of rotatable bonds is 5. The van der Waals surface area contributed by atoms with Crippen LogP contribution in [0.1, 0.15) is 34.6 Å². The molecule has 32 heavy (non-hydrogen) atoms. The number of aromatic nitrogens is 1. The van der Waals surface area contributed by atoms with Crippen LogP contribution in [0.2, 0.25) is 0 Å². The molecule has 3 aromatic rings. The highest BCUT2D eigenvalue weighted by atomic mass is 32.2. The number of hydrogen-bond donors (Lipinski definition) is 1. The highest BCUT2D eigenvalue weighted by Gasteiger charge is 2.30. The topological polar surface area (TPSA) is 80.8 Å². The maximum Gasteiger partial charge on any atom is 0.261 e. The quantitative estimate of drug-likeness (QED) is 0.599. The monoisotopic (exact) mass is 449 g/mol. The van der Waals surface area contributed by atoms with Gasteiger partial charge in [-0.25, -0.2) is 4.98 Å². The van der Waals surface area contributed by atoms with Crippen molar-refractivity contribution < 1.29 is 19.1 Å². The standard InChI is InChI=1S/C24H23N3O4S/c1-14(2)27-19-10-7-15(12-21(19)32-23-18(24(27)29)6-5-11-25-23)26-22(28)17-9-8-16(30-3)13-20(17)31-4/h5-14H,1-4H3,(H,26,28). The summed E-state index contributed by atoms with van der Waals surface area (Å²) in [5.41, 5.74) is 2.35. The first-order valence-electron chi connectivity index (χ1n) is 10.1. The number of fused-ring (bicyclic) bond motifs is 2. The third-order valence-corrected chi connectivity index (χ3v) is 6.14.